The van der Waals surface area contributed by atoms with E-state index in [0.717, 1.165) is 23.3 Å². The molecule has 2 atom stereocenters. The number of nitrogens with two attached hydrogens (primary N) is 1. The minimum atomic E-state index is 0.0920. The molecule has 0 bridgehead atoms. The van der Waals surface area contributed by atoms with Gasteiger partial charge in [-0.05, 0) is 41.7 Å². The predicted octanol–water partition coefficient (Wildman–Crippen LogP) is 4.33. The fourth-order valence-electron chi connectivity index (χ4n) is 3.39. The molecule has 0 radical (unpaired) electrons. The summed E-state index contributed by atoms with van der Waals surface area (Å²) in [6.45, 7) is 2.17. The van der Waals surface area contributed by atoms with Gasteiger partial charge in [0.1, 0.15) is 0 Å². The Balaban J connectivity index is 1.73. The second kappa shape index (κ2) is 6.52. The van der Waals surface area contributed by atoms with Gasteiger partial charge >= 0.3 is 0 Å². The Kier molecular flexibility index (Phi) is 4.21. The number of nitrogens with one attached hydrogen (secondary N) is 1. The molecule has 0 saturated carbocycles. The molecular weight excluding hydrogens is 378 g/mol. The van der Waals surface area contributed by atoms with Crippen molar-refractivity contribution in [3.8, 4) is 0 Å². The summed E-state index contributed by atoms with van der Waals surface area (Å²) >= 11 is 3.56. The van der Waals surface area contributed by atoms with E-state index in [0.29, 0.717) is 5.95 Å². The lowest BCUT2D eigenvalue weighted by molar-refractivity contribution is 0.431. The zero-order valence-corrected chi connectivity index (χ0v) is 15.6. The van der Waals surface area contributed by atoms with Crippen LogP contribution in [0.1, 0.15) is 42.1 Å². The highest BCUT2D eigenvalue weighted by Gasteiger charge is 2.30. The molecule has 0 unspecified atom stereocenters. The Hall–Kier alpha value is -2.34. The number of hydrogen-bond donors (Lipinski definition) is 2. The van der Waals surface area contributed by atoms with Gasteiger partial charge in [0, 0.05) is 4.47 Å². The molecule has 0 saturated heterocycles. The summed E-state index contributed by atoms with van der Waals surface area (Å²) in [6, 6.07) is 17.4. The molecule has 1 aliphatic heterocycles. The van der Waals surface area contributed by atoms with Crippen molar-refractivity contribution >= 4 is 27.8 Å². The molecule has 0 aliphatic carbocycles. The minimum absolute atomic E-state index is 0.0920. The lowest BCUT2D eigenvalue weighted by Crippen LogP contribution is -2.28. The molecule has 25 heavy (non-hydrogen) atoms. The first-order chi connectivity index (χ1) is 12.1. The predicted molar refractivity (Wildman–Crippen MR) is 104 cm³/mol. The van der Waals surface area contributed by atoms with Crippen LogP contribution in [0.4, 0.5) is 11.9 Å². The van der Waals surface area contributed by atoms with Gasteiger partial charge in [0.05, 0.1) is 12.1 Å². The second-order valence-electron chi connectivity index (χ2n) is 6.34. The largest absolute Gasteiger partial charge is 0.366 e. The molecule has 2 aromatic carbocycles. The number of aryl methyl sites for hydroxylation is 1. The zero-order valence-electron chi connectivity index (χ0n) is 14.0. The molecule has 0 spiro atoms. The summed E-state index contributed by atoms with van der Waals surface area (Å²) in [6.07, 6.45) is 1.93. The van der Waals surface area contributed by atoms with E-state index in [1.807, 2.05) is 16.8 Å². The van der Waals surface area contributed by atoms with Gasteiger partial charge in [-0.25, -0.2) is 4.68 Å². The average molecular weight is 398 g/mol. The quantitative estimate of drug-likeness (QED) is 0.689. The number of anilines is 2. The molecule has 5 nitrogen and oxygen atoms in total. The maximum absolute atomic E-state index is 5.86. The number of nitrogens with zero attached hydrogens (tertiary/aromatic N) is 3. The Bertz CT molecular complexity index is 887. The number of hydrogen-bond acceptors (Lipinski definition) is 4. The van der Waals surface area contributed by atoms with Crippen LogP contribution >= 0.6 is 15.9 Å². The number of fused-ring (bicyclic) bond motifs is 1. The first kappa shape index (κ1) is 16.1. The van der Waals surface area contributed by atoms with Crippen LogP contribution in [0.25, 0.3) is 0 Å². The van der Waals surface area contributed by atoms with Gasteiger partial charge in [-0.3, -0.25) is 0 Å². The standard InChI is InChI=1S/C19H20BrN5/c1-2-12-6-8-13(9-7-12)16-11-17(14-4-3-5-15(20)10-14)25-19(22-16)23-18(21)24-25/h3-10,16-17H,2,11H2,1H3,(H3,21,22,23,24)/t16-,17-/m0/s1. The normalized spacial score (nSPS) is 19.3. The first-order valence-electron chi connectivity index (χ1n) is 8.47. The van der Waals surface area contributed by atoms with E-state index < -0.39 is 0 Å². The highest BCUT2D eigenvalue weighted by molar-refractivity contribution is 9.10. The molecule has 3 aromatic rings. The third-order valence-corrected chi connectivity index (χ3v) is 5.22. The van der Waals surface area contributed by atoms with Gasteiger partial charge in [-0.1, -0.05) is 59.3 Å². The fourth-order valence-corrected chi connectivity index (χ4v) is 3.81. The Morgan fingerprint density at radius 1 is 1.20 bits per heavy atom. The van der Waals surface area contributed by atoms with Gasteiger partial charge in [0.25, 0.3) is 0 Å². The lowest BCUT2D eigenvalue weighted by Gasteiger charge is -2.31. The van der Waals surface area contributed by atoms with Crippen LogP contribution in [0.15, 0.2) is 53.0 Å². The smallest absolute Gasteiger partial charge is 0.241 e. The number of halogens is 1. The van der Waals surface area contributed by atoms with Gasteiger partial charge < -0.3 is 11.1 Å². The third kappa shape index (κ3) is 3.14. The molecular formula is C19H20BrN5. The molecule has 2 heterocycles. The highest BCUT2D eigenvalue weighted by Crippen LogP contribution is 2.38. The van der Waals surface area contributed by atoms with E-state index in [2.05, 4.69) is 74.7 Å². The maximum Gasteiger partial charge on any atom is 0.241 e. The van der Waals surface area contributed by atoms with Crippen molar-refractivity contribution in [3.05, 3.63) is 69.7 Å². The minimum Gasteiger partial charge on any atom is -0.366 e. The van der Waals surface area contributed by atoms with Crippen molar-refractivity contribution in [2.45, 2.75) is 31.8 Å². The Morgan fingerprint density at radius 2 is 2.00 bits per heavy atom. The van der Waals surface area contributed by atoms with E-state index in [-0.39, 0.29) is 12.1 Å². The summed E-state index contributed by atoms with van der Waals surface area (Å²) in [7, 11) is 0. The van der Waals surface area contributed by atoms with E-state index in [1.165, 1.54) is 16.7 Å². The molecule has 1 aliphatic rings. The van der Waals surface area contributed by atoms with Gasteiger partial charge in [0.15, 0.2) is 0 Å². The zero-order chi connectivity index (χ0) is 17.4. The number of nitrogen functional groups attached to an aromatic ring is 1. The van der Waals surface area contributed by atoms with Crippen molar-refractivity contribution < 1.29 is 0 Å². The maximum atomic E-state index is 5.86. The van der Waals surface area contributed by atoms with E-state index >= 15 is 0 Å². The van der Waals surface area contributed by atoms with Crippen LogP contribution in [0, 0.1) is 0 Å². The van der Waals surface area contributed by atoms with Crippen LogP contribution in [-0.2, 0) is 6.42 Å². The van der Waals surface area contributed by atoms with Crippen molar-refractivity contribution in [2.75, 3.05) is 11.1 Å². The molecule has 4 rings (SSSR count). The van der Waals surface area contributed by atoms with Crippen LogP contribution in [0.3, 0.4) is 0 Å². The molecule has 6 heteroatoms. The van der Waals surface area contributed by atoms with Crippen molar-refractivity contribution in [3.63, 3.8) is 0 Å². The van der Waals surface area contributed by atoms with Crippen molar-refractivity contribution in [1.29, 1.82) is 0 Å². The van der Waals surface area contributed by atoms with Crippen LogP contribution in [0.5, 0.6) is 0 Å². The Morgan fingerprint density at radius 3 is 2.72 bits per heavy atom. The number of benzene rings is 2. The molecule has 0 fully saturated rings. The topological polar surface area (TPSA) is 68.8 Å². The van der Waals surface area contributed by atoms with Crippen LogP contribution in [-0.4, -0.2) is 14.8 Å². The first-order valence-corrected chi connectivity index (χ1v) is 9.26. The molecule has 1 aromatic heterocycles. The van der Waals surface area contributed by atoms with E-state index in [9.17, 15) is 0 Å². The summed E-state index contributed by atoms with van der Waals surface area (Å²) < 4.78 is 2.95. The van der Waals surface area contributed by atoms with Crippen LogP contribution in [0.2, 0.25) is 0 Å². The van der Waals surface area contributed by atoms with Crippen LogP contribution < -0.4 is 11.1 Å². The molecule has 128 valence electrons. The molecule has 0 amide bonds. The number of rotatable bonds is 3. The fraction of sp³-hybridized carbons (Fsp3) is 0.263. The monoisotopic (exact) mass is 397 g/mol. The number of aromatic nitrogens is 3. The summed E-state index contributed by atoms with van der Waals surface area (Å²) in [5.74, 6) is 1.02. The lowest BCUT2D eigenvalue weighted by atomic mass is 9.93. The summed E-state index contributed by atoms with van der Waals surface area (Å²) in [5.41, 5.74) is 9.65. The van der Waals surface area contributed by atoms with Crippen molar-refractivity contribution in [1.82, 2.24) is 14.8 Å². The average Bonchev–Trinajstić information content (AvgIpc) is 3.01. The third-order valence-electron chi connectivity index (χ3n) is 4.73. The second-order valence-corrected chi connectivity index (χ2v) is 7.25. The summed E-state index contributed by atoms with van der Waals surface area (Å²) in [4.78, 5) is 4.37. The van der Waals surface area contributed by atoms with Gasteiger partial charge in [-0.2, -0.15) is 4.98 Å². The SMILES string of the molecule is CCc1ccc([C@@H]2C[C@@H](c3cccc(Br)c3)n3nc(N)nc3N2)cc1. The highest BCUT2D eigenvalue weighted by atomic mass is 79.9. The van der Waals surface area contributed by atoms with E-state index in [4.69, 9.17) is 5.73 Å². The summed E-state index contributed by atoms with van der Waals surface area (Å²) in [5, 5.41) is 7.88. The van der Waals surface area contributed by atoms with Gasteiger partial charge in [-0.15, -0.1) is 5.10 Å². The molecule has 3 N–H and O–H groups in total. The van der Waals surface area contributed by atoms with E-state index in [1.54, 1.807) is 0 Å². The van der Waals surface area contributed by atoms with Gasteiger partial charge in [0.2, 0.25) is 11.9 Å². The Labute approximate surface area is 155 Å². The van der Waals surface area contributed by atoms with Crippen molar-refractivity contribution in [2.24, 2.45) is 0 Å².